The van der Waals surface area contributed by atoms with Crippen molar-refractivity contribution in [1.29, 1.82) is 0 Å². The number of aromatic nitrogens is 1. The summed E-state index contributed by atoms with van der Waals surface area (Å²) in [6.45, 7) is 1.79. The molecular formula is C20H24ClF2N3O2. The minimum absolute atomic E-state index is 0. The number of halogens is 3. The number of benzene rings is 1. The molecule has 5 nitrogen and oxygen atoms in total. The predicted octanol–water partition coefficient (Wildman–Crippen LogP) is 4.68. The van der Waals surface area contributed by atoms with Gasteiger partial charge in [0.05, 0.1) is 5.69 Å². The molecule has 1 aromatic heterocycles. The Hall–Kier alpha value is -1.99. The molecule has 152 valence electrons. The summed E-state index contributed by atoms with van der Waals surface area (Å²) in [7, 11) is 0. The largest absolute Gasteiger partial charge is 0.338 e. The average Bonchev–Trinajstić information content (AvgIpc) is 3.29. The number of rotatable bonds is 5. The van der Waals surface area contributed by atoms with Crippen LogP contribution in [-0.2, 0) is 0 Å². The van der Waals surface area contributed by atoms with Gasteiger partial charge < -0.3 is 9.84 Å². The maximum absolute atomic E-state index is 13.3. The molecule has 1 aromatic carbocycles. The van der Waals surface area contributed by atoms with E-state index in [-0.39, 0.29) is 37.2 Å². The molecule has 2 unspecified atom stereocenters. The molecule has 2 atom stereocenters. The molecule has 2 aliphatic carbocycles. The second-order valence-corrected chi connectivity index (χ2v) is 7.66. The number of alkyl halides is 2. The molecule has 2 fully saturated rings. The number of hydrogen-bond acceptors (Lipinski definition) is 4. The van der Waals surface area contributed by atoms with Crippen LogP contribution in [-0.4, -0.2) is 29.1 Å². The first-order valence-corrected chi connectivity index (χ1v) is 9.38. The lowest BCUT2D eigenvalue weighted by Crippen LogP contribution is -2.38. The van der Waals surface area contributed by atoms with Gasteiger partial charge in [0.15, 0.2) is 0 Å². The van der Waals surface area contributed by atoms with Crippen molar-refractivity contribution in [3.63, 3.8) is 0 Å². The fraction of sp³-hybridized carbons (Fsp3) is 0.500. The highest BCUT2D eigenvalue weighted by atomic mass is 35.5. The lowest BCUT2D eigenvalue weighted by Gasteiger charge is -2.29. The second kappa shape index (κ2) is 8.17. The second-order valence-electron chi connectivity index (χ2n) is 7.66. The van der Waals surface area contributed by atoms with Gasteiger partial charge in [-0.15, -0.1) is 12.4 Å². The van der Waals surface area contributed by atoms with Crippen molar-refractivity contribution in [1.82, 2.24) is 10.5 Å². The molecule has 0 aliphatic heterocycles. The van der Waals surface area contributed by atoms with E-state index >= 15 is 0 Å². The number of aryl methyl sites for hydroxylation is 1. The molecule has 2 aromatic rings. The van der Waals surface area contributed by atoms with Gasteiger partial charge in [-0.2, -0.15) is 0 Å². The first-order valence-electron chi connectivity index (χ1n) is 9.38. The van der Waals surface area contributed by atoms with E-state index in [0.717, 1.165) is 12.0 Å². The highest BCUT2D eigenvalue weighted by molar-refractivity contribution is 6.03. The van der Waals surface area contributed by atoms with E-state index in [2.05, 4.69) is 15.8 Å². The Balaban J connectivity index is 0.00000225. The van der Waals surface area contributed by atoms with Gasteiger partial charge >= 0.3 is 0 Å². The minimum atomic E-state index is -2.50. The number of carbonyl (C=O) groups is 1. The molecule has 0 saturated heterocycles. The Labute approximate surface area is 168 Å². The number of nitrogens with zero attached hydrogens (tertiary/aromatic N) is 1. The zero-order valence-electron chi connectivity index (χ0n) is 15.6. The van der Waals surface area contributed by atoms with Crippen LogP contribution in [0.1, 0.15) is 59.6 Å². The third kappa shape index (κ3) is 4.89. The molecule has 0 bridgehead atoms. The Morgan fingerprint density at radius 2 is 2.00 bits per heavy atom. The summed E-state index contributed by atoms with van der Waals surface area (Å²) < 4.78 is 31.6. The molecule has 4 rings (SSSR count). The van der Waals surface area contributed by atoms with Crippen LogP contribution in [0.4, 0.5) is 14.7 Å². The van der Waals surface area contributed by atoms with Gasteiger partial charge in [0.25, 0.3) is 5.91 Å². The van der Waals surface area contributed by atoms with E-state index in [4.69, 9.17) is 4.52 Å². The Morgan fingerprint density at radius 1 is 1.25 bits per heavy atom. The number of carbonyl (C=O) groups excluding carboxylic acids is 1. The molecule has 2 aliphatic rings. The number of amides is 1. The highest BCUT2D eigenvalue weighted by Gasteiger charge is 2.42. The van der Waals surface area contributed by atoms with Crippen molar-refractivity contribution in [2.75, 3.05) is 5.32 Å². The molecule has 2 N–H and O–H groups in total. The molecule has 28 heavy (non-hydrogen) atoms. The van der Waals surface area contributed by atoms with Crippen molar-refractivity contribution in [2.45, 2.75) is 63.0 Å². The summed E-state index contributed by atoms with van der Waals surface area (Å²) in [5, 5.41) is 9.96. The number of nitrogens with one attached hydrogen (secondary N) is 2. The van der Waals surface area contributed by atoms with Crippen molar-refractivity contribution >= 4 is 24.2 Å². The topological polar surface area (TPSA) is 67.2 Å². The molecule has 1 amide bonds. The van der Waals surface area contributed by atoms with Crippen molar-refractivity contribution in [2.24, 2.45) is 0 Å². The van der Waals surface area contributed by atoms with Crippen LogP contribution in [0.3, 0.4) is 0 Å². The van der Waals surface area contributed by atoms with E-state index in [1.807, 2.05) is 18.2 Å². The molecule has 8 heteroatoms. The maximum Gasteiger partial charge on any atom is 0.258 e. The zero-order valence-corrected chi connectivity index (χ0v) is 16.4. The molecule has 0 spiro atoms. The quantitative estimate of drug-likeness (QED) is 0.749. The Bertz CT molecular complexity index is 832. The van der Waals surface area contributed by atoms with E-state index in [1.165, 1.54) is 0 Å². The predicted molar refractivity (Wildman–Crippen MR) is 104 cm³/mol. The van der Waals surface area contributed by atoms with Crippen LogP contribution >= 0.6 is 12.4 Å². The van der Waals surface area contributed by atoms with E-state index in [9.17, 15) is 13.6 Å². The summed E-state index contributed by atoms with van der Waals surface area (Å²) in [5.41, 5.74) is 2.35. The monoisotopic (exact) mass is 411 g/mol. The first kappa shape index (κ1) is 20.7. The van der Waals surface area contributed by atoms with Gasteiger partial charge in [-0.05, 0) is 43.9 Å². The summed E-state index contributed by atoms with van der Waals surface area (Å²) in [5.74, 6) is -2.09. The lowest BCUT2D eigenvalue weighted by molar-refractivity contribution is -0.0405. The van der Waals surface area contributed by atoms with Crippen molar-refractivity contribution in [3.05, 3.63) is 47.2 Å². The van der Waals surface area contributed by atoms with Gasteiger partial charge in [0.1, 0.15) is 0 Å². The summed E-state index contributed by atoms with van der Waals surface area (Å²) in [6.07, 6.45) is 1.96. The zero-order chi connectivity index (χ0) is 19.0. The van der Waals surface area contributed by atoms with Gasteiger partial charge in [-0.25, -0.2) is 8.78 Å². The van der Waals surface area contributed by atoms with Crippen molar-refractivity contribution < 1.29 is 18.1 Å². The molecule has 2 saturated carbocycles. The van der Waals surface area contributed by atoms with E-state index in [1.54, 1.807) is 19.1 Å². The fourth-order valence-electron chi connectivity index (χ4n) is 3.77. The van der Waals surface area contributed by atoms with Crippen LogP contribution in [0, 0.1) is 6.92 Å². The molecular weight excluding hydrogens is 388 g/mol. The lowest BCUT2D eigenvalue weighted by atomic mass is 9.92. The SMILES string of the molecule is Cc1cc(NC(=O)c2cccc(C3CC3NC3CCC(F)(F)CC3)c2)on1.Cl. The molecule has 1 heterocycles. The van der Waals surface area contributed by atoms with Crippen LogP contribution in [0.5, 0.6) is 0 Å². The summed E-state index contributed by atoms with van der Waals surface area (Å²) in [4.78, 5) is 12.4. The Morgan fingerprint density at radius 3 is 2.68 bits per heavy atom. The minimum Gasteiger partial charge on any atom is -0.338 e. The molecule has 0 radical (unpaired) electrons. The van der Waals surface area contributed by atoms with Crippen LogP contribution < -0.4 is 10.6 Å². The fourth-order valence-corrected chi connectivity index (χ4v) is 3.77. The van der Waals surface area contributed by atoms with Crippen LogP contribution in [0.15, 0.2) is 34.9 Å². The van der Waals surface area contributed by atoms with E-state index < -0.39 is 5.92 Å². The third-order valence-corrected chi connectivity index (χ3v) is 5.40. The Kier molecular flexibility index (Phi) is 6.05. The van der Waals surface area contributed by atoms with Crippen LogP contribution in [0.2, 0.25) is 0 Å². The summed E-state index contributed by atoms with van der Waals surface area (Å²) >= 11 is 0. The van der Waals surface area contributed by atoms with Gasteiger partial charge in [-0.1, -0.05) is 17.3 Å². The normalized spacial score (nSPS) is 23.7. The average molecular weight is 412 g/mol. The number of anilines is 1. The van der Waals surface area contributed by atoms with Crippen LogP contribution in [0.25, 0.3) is 0 Å². The third-order valence-electron chi connectivity index (χ3n) is 5.40. The highest BCUT2D eigenvalue weighted by Crippen LogP contribution is 2.43. The van der Waals surface area contributed by atoms with Crippen molar-refractivity contribution in [3.8, 4) is 0 Å². The summed E-state index contributed by atoms with van der Waals surface area (Å²) in [6, 6.07) is 9.66. The van der Waals surface area contributed by atoms with Gasteiger partial charge in [0.2, 0.25) is 11.8 Å². The standard InChI is InChI=1S/C20H23F2N3O2.ClH/c1-12-9-18(27-25-12)24-19(26)14-4-2-3-13(10-14)16-11-17(16)23-15-5-7-20(21,22)8-6-15;/h2-4,9-10,15-17,23H,5-8,11H2,1H3,(H,24,26);1H. The first-order chi connectivity index (χ1) is 12.9. The number of hydrogen-bond donors (Lipinski definition) is 2. The van der Waals surface area contributed by atoms with Gasteiger partial charge in [-0.3, -0.25) is 10.1 Å². The van der Waals surface area contributed by atoms with E-state index in [0.29, 0.717) is 41.9 Å². The smallest absolute Gasteiger partial charge is 0.258 e. The van der Waals surface area contributed by atoms with Gasteiger partial charge in [0, 0.05) is 42.5 Å². The maximum atomic E-state index is 13.3.